The fourth-order valence-electron chi connectivity index (χ4n) is 4.56. The van der Waals surface area contributed by atoms with E-state index in [0.717, 1.165) is 47.2 Å². The smallest absolute Gasteiger partial charge is 0.303 e. The summed E-state index contributed by atoms with van der Waals surface area (Å²) in [6, 6.07) is 9.69. The van der Waals surface area contributed by atoms with Crippen LogP contribution in [0.2, 0.25) is 5.02 Å². The summed E-state index contributed by atoms with van der Waals surface area (Å²) < 4.78 is 7.83. The van der Waals surface area contributed by atoms with Crippen molar-refractivity contribution < 1.29 is 19.4 Å². The molecule has 0 radical (unpaired) electrons. The fourth-order valence-corrected chi connectivity index (χ4v) is 4.77. The fraction of sp³-hybridized carbons (Fsp3) is 0.464. The Morgan fingerprint density at radius 1 is 1.17 bits per heavy atom. The van der Waals surface area contributed by atoms with Gasteiger partial charge in [0, 0.05) is 60.9 Å². The van der Waals surface area contributed by atoms with E-state index in [0.29, 0.717) is 30.2 Å². The predicted octanol–water partition coefficient (Wildman–Crippen LogP) is 5.51. The molecule has 1 atom stereocenters. The Bertz CT molecular complexity index is 1200. The second kappa shape index (κ2) is 13.0. The van der Waals surface area contributed by atoms with Gasteiger partial charge in [-0.15, -0.1) is 0 Å². The van der Waals surface area contributed by atoms with Gasteiger partial charge < -0.3 is 19.3 Å². The molecule has 0 aliphatic rings. The van der Waals surface area contributed by atoms with Crippen molar-refractivity contribution in [2.45, 2.75) is 52.2 Å². The molecule has 2 aromatic heterocycles. The second-order valence-electron chi connectivity index (χ2n) is 9.80. The van der Waals surface area contributed by atoms with Gasteiger partial charge in [0.15, 0.2) is 5.78 Å². The highest BCUT2D eigenvalue weighted by Crippen LogP contribution is 2.29. The lowest BCUT2D eigenvalue weighted by atomic mass is 9.94. The minimum Gasteiger partial charge on any atom is -0.481 e. The summed E-state index contributed by atoms with van der Waals surface area (Å²) in [5.41, 5.74) is 4.48. The van der Waals surface area contributed by atoms with Crippen molar-refractivity contribution in [3.63, 3.8) is 0 Å². The Balaban J connectivity index is 1.75. The van der Waals surface area contributed by atoms with Crippen LogP contribution in [-0.2, 0) is 36.2 Å². The van der Waals surface area contributed by atoms with Crippen molar-refractivity contribution in [2.75, 3.05) is 20.7 Å². The third kappa shape index (κ3) is 7.63. The van der Waals surface area contributed by atoms with Crippen LogP contribution < -0.4 is 0 Å². The molecule has 1 unspecified atom stereocenters. The van der Waals surface area contributed by atoms with Gasteiger partial charge in [-0.25, -0.2) is 4.98 Å². The SMILES string of the molecule is CC(CC(=O)O)CC(=O)c1c(CCCCOCc2cccc(Cl)c2)n(C)c2ncc(CN(C)C)cc12. The van der Waals surface area contributed by atoms with E-state index in [9.17, 15) is 9.59 Å². The monoisotopic (exact) mass is 513 g/mol. The van der Waals surface area contributed by atoms with Gasteiger partial charge in [-0.3, -0.25) is 9.59 Å². The Hall–Kier alpha value is -2.74. The maximum absolute atomic E-state index is 13.5. The summed E-state index contributed by atoms with van der Waals surface area (Å²) in [5.74, 6) is -1.15. The lowest BCUT2D eigenvalue weighted by Crippen LogP contribution is -2.13. The molecule has 1 N–H and O–H groups in total. The average molecular weight is 514 g/mol. The average Bonchev–Trinajstić information content (AvgIpc) is 3.06. The summed E-state index contributed by atoms with van der Waals surface area (Å²) in [6.45, 7) is 3.66. The number of carboxylic acids is 1. The Morgan fingerprint density at radius 2 is 1.94 bits per heavy atom. The van der Waals surface area contributed by atoms with E-state index < -0.39 is 5.97 Å². The van der Waals surface area contributed by atoms with E-state index in [4.69, 9.17) is 21.4 Å². The molecule has 0 saturated carbocycles. The molecule has 0 saturated heterocycles. The van der Waals surface area contributed by atoms with Crippen LogP contribution in [0.25, 0.3) is 11.0 Å². The van der Waals surface area contributed by atoms with Crippen LogP contribution in [0.1, 0.15) is 59.8 Å². The van der Waals surface area contributed by atoms with Crippen molar-refractivity contribution in [3.05, 3.63) is 63.9 Å². The number of ether oxygens (including phenoxy) is 1. The van der Waals surface area contributed by atoms with Gasteiger partial charge in [0.2, 0.25) is 0 Å². The molecule has 3 aromatic rings. The van der Waals surface area contributed by atoms with Crippen LogP contribution in [0.4, 0.5) is 0 Å². The van der Waals surface area contributed by atoms with Crippen LogP contribution in [-0.4, -0.2) is 52.0 Å². The van der Waals surface area contributed by atoms with Gasteiger partial charge in [0.1, 0.15) is 5.65 Å². The highest BCUT2D eigenvalue weighted by Gasteiger charge is 2.24. The minimum atomic E-state index is -0.888. The molecular weight excluding hydrogens is 478 g/mol. The van der Waals surface area contributed by atoms with Gasteiger partial charge in [0.05, 0.1) is 6.61 Å². The minimum absolute atomic E-state index is 0.0228. The number of pyridine rings is 1. The van der Waals surface area contributed by atoms with Crippen molar-refractivity contribution in [1.82, 2.24) is 14.5 Å². The number of fused-ring (bicyclic) bond motifs is 1. The molecule has 0 aliphatic heterocycles. The molecule has 36 heavy (non-hydrogen) atoms. The second-order valence-corrected chi connectivity index (χ2v) is 10.2. The van der Waals surface area contributed by atoms with Crippen molar-refractivity contribution in [2.24, 2.45) is 13.0 Å². The van der Waals surface area contributed by atoms with Crippen LogP contribution in [0.5, 0.6) is 0 Å². The van der Waals surface area contributed by atoms with E-state index in [-0.39, 0.29) is 24.5 Å². The molecule has 8 heteroatoms. The topological polar surface area (TPSA) is 84.7 Å². The van der Waals surface area contributed by atoms with Crippen LogP contribution >= 0.6 is 11.6 Å². The van der Waals surface area contributed by atoms with E-state index in [1.54, 1.807) is 0 Å². The highest BCUT2D eigenvalue weighted by molar-refractivity contribution is 6.30. The number of carbonyl (C=O) groups is 2. The van der Waals surface area contributed by atoms with E-state index >= 15 is 0 Å². The number of halogens is 1. The first-order chi connectivity index (χ1) is 17.2. The maximum Gasteiger partial charge on any atom is 0.303 e. The number of unbranched alkanes of at least 4 members (excludes halogenated alkanes) is 1. The van der Waals surface area contributed by atoms with Gasteiger partial charge in [-0.1, -0.05) is 30.7 Å². The quantitative estimate of drug-likeness (QED) is 0.226. The maximum atomic E-state index is 13.5. The third-order valence-corrected chi connectivity index (χ3v) is 6.38. The molecule has 0 fully saturated rings. The van der Waals surface area contributed by atoms with Gasteiger partial charge >= 0.3 is 5.97 Å². The number of aryl methyl sites for hydroxylation is 1. The van der Waals surface area contributed by atoms with E-state index in [1.807, 2.05) is 63.1 Å². The molecule has 0 bridgehead atoms. The first-order valence-corrected chi connectivity index (χ1v) is 12.7. The normalized spacial score (nSPS) is 12.4. The first-order valence-electron chi connectivity index (χ1n) is 12.3. The molecule has 194 valence electrons. The standard InChI is InChI=1S/C28H36ClN3O4/c1-19(13-26(34)35)12-25(33)27-23-15-21(17-31(2)3)16-30-28(23)32(4)24(27)10-5-6-11-36-18-20-8-7-9-22(29)14-20/h7-9,14-16,19H,5-6,10-13,17-18H2,1-4H3,(H,34,35). The summed E-state index contributed by atoms with van der Waals surface area (Å²) >= 11 is 6.03. The molecule has 2 heterocycles. The van der Waals surface area contributed by atoms with E-state index in [2.05, 4.69) is 16.0 Å². The number of carbonyl (C=O) groups excluding carboxylic acids is 1. The van der Waals surface area contributed by atoms with Gasteiger partial charge in [-0.2, -0.15) is 0 Å². The van der Waals surface area contributed by atoms with Crippen LogP contribution in [0.15, 0.2) is 36.5 Å². The van der Waals surface area contributed by atoms with Crippen molar-refractivity contribution >= 4 is 34.4 Å². The lowest BCUT2D eigenvalue weighted by Gasteiger charge is -2.11. The zero-order chi connectivity index (χ0) is 26.2. The summed E-state index contributed by atoms with van der Waals surface area (Å²) in [5, 5.41) is 10.7. The molecular formula is C28H36ClN3O4. The molecule has 0 amide bonds. The molecule has 1 aromatic carbocycles. The summed E-state index contributed by atoms with van der Waals surface area (Å²) in [6.07, 6.45) is 4.44. The number of rotatable bonds is 14. The molecule has 7 nitrogen and oxygen atoms in total. The number of ketones is 1. The number of hydrogen-bond acceptors (Lipinski definition) is 5. The Labute approximate surface area is 218 Å². The van der Waals surface area contributed by atoms with Gasteiger partial charge in [-0.05, 0) is 68.6 Å². The van der Waals surface area contributed by atoms with Crippen LogP contribution in [0, 0.1) is 5.92 Å². The van der Waals surface area contributed by atoms with Crippen molar-refractivity contribution in [3.8, 4) is 0 Å². The highest BCUT2D eigenvalue weighted by atomic mass is 35.5. The number of hydrogen-bond donors (Lipinski definition) is 1. The number of aromatic nitrogens is 2. The number of Topliss-reactive ketones (excluding diaryl/α,β-unsaturated/α-hetero) is 1. The zero-order valence-corrected chi connectivity index (χ0v) is 22.3. The molecule has 3 rings (SSSR count). The predicted molar refractivity (Wildman–Crippen MR) is 143 cm³/mol. The summed E-state index contributed by atoms with van der Waals surface area (Å²) in [7, 11) is 5.94. The van der Waals surface area contributed by atoms with E-state index in [1.165, 1.54) is 0 Å². The lowest BCUT2D eigenvalue weighted by molar-refractivity contribution is -0.137. The number of carboxylic acid groups (broad SMARTS) is 1. The van der Waals surface area contributed by atoms with Crippen molar-refractivity contribution in [1.29, 1.82) is 0 Å². The molecule has 0 spiro atoms. The zero-order valence-electron chi connectivity index (χ0n) is 21.6. The third-order valence-electron chi connectivity index (χ3n) is 6.15. The summed E-state index contributed by atoms with van der Waals surface area (Å²) in [4.78, 5) is 31.3. The Kier molecular flexibility index (Phi) is 10.0. The Morgan fingerprint density at radius 3 is 2.64 bits per heavy atom. The number of aliphatic carboxylic acids is 1. The number of benzene rings is 1. The van der Waals surface area contributed by atoms with Crippen LogP contribution in [0.3, 0.4) is 0 Å². The first kappa shape index (κ1) is 27.8. The van der Waals surface area contributed by atoms with Gasteiger partial charge in [0.25, 0.3) is 0 Å². The largest absolute Gasteiger partial charge is 0.481 e. The molecule has 0 aliphatic carbocycles. The number of nitrogens with zero attached hydrogens (tertiary/aromatic N) is 3.